The Morgan fingerprint density at radius 3 is 2.72 bits per heavy atom. The van der Waals surface area contributed by atoms with Gasteiger partial charge in [-0.15, -0.1) is 0 Å². The van der Waals surface area contributed by atoms with Gasteiger partial charge in [-0.05, 0) is 31.7 Å². The summed E-state index contributed by atoms with van der Waals surface area (Å²) >= 11 is 0. The van der Waals surface area contributed by atoms with Crippen LogP contribution in [0.25, 0.3) is 5.57 Å². The highest BCUT2D eigenvalue weighted by Gasteiger charge is 2.24. The monoisotopic (exact) mass is 247 g/mol. The van der Waals surface area contributed by atoms with Gasteiger partial charge in [-0.1, -0.05) is 42.3 Å². The van der Waals surface area contributed by atoms with Gasteiger partial charge in [0.25, 0.3) is 0 Å². The summed E-state index contributed by atoms with van der Waals surface area (Å²) in [7, 11) is 0. The Hall–Kier alpha value is -1.64. The molecule has 0 bridgehead atoms. The van der Waals surface area contributed by atoms with Crippen molar-refractivity contribution in [2.45, 2.75) is 39.0 Å². The standard InChI is InChI=1S/C15H18FNO/c1-2-3-6-11-9-10-14(17-18)15(11)12-7-4-5-8-13(12)16/h4-5,7-8,18H,2-3,6,9-10H2,1H3. The Bertz CT molecular complexity index is 491. The predicted octanol–water partition coefficient (Wildman–Crippen LogP) is 4.39. The van der Waals surface area contributed by atoms with Gasteiger partial charge in [0.2, 0.25) is 0 Å². The minimum atomic E-state index is -0.246. The summed E-state index contributed by atoms with van der Waals surface area (Å²) in [5, 5.41) is 12.4. The molecule has 0 aromatic heterocycles. The van der Waals surface area contributed by atoms with Crippen LogP contribution in [0.2, 0.25) is 0 Å². The van der Waals surface area contributed by atoms with Crippen LogP contribution in [0.15, 0.2) is 35.0 Å². The number of unbranched alkanes of at least 4 members (excludes halogenated alkanes) is 1. The first-order chi connectivity index (χ1) is 8.77. The average molecular weight is 247 g/mol. The second-order valence-corrected chi connectivity index (χ2v) is 4.61. The van der Waals surface area contributed by atoms with E-state index >= 15 is 0 Å². The summed E-state index contributed by atoms with van der Waals surface area (Å²) in [6.45, 7) is 2.14. The van der Waals surface area contributed by atoms with Gasteiger partial charge in [0.05, 0.1) is 5.71 Å². The van der Waals surface area contributed by atoms with Crippen molar-refractivity contribution in [2.75, 3.05) is 0 Å². The number of halogens is 1. The summed E-state index contributed by atoms with van der Waals surface area (Å²) in [5.41, 5.74) is 3.22. The lowest BCUT2D eigenvalue weighted by Gasteiger charge is -2.08. The summed E-state index contributed by atoms with van der Waals surface area (Å²) in [5.74, 6) is -0.246. The molecule has 1 aromatic rings. The maximum Gasteiger partial charge on any atom is 0.131 e. The van der Waals surface area contributed by atoms with Crippen LogP contribution in [-0.2, 0) is 0 Å². The minimum Gasteiger partial charge on any atom is -0.411 e. The van der Waals surface area contributed by atoms with Gasteiger partial charge in [-0.25, -0.2) is 4.39 Å². The first-order valence-corrected chi connectivity index (χ1v) is 6.46. The van der Waals surface area contributed by atoms with Gasteiger partial charge >= 0.3 is 0 Å². The van der Waals surface area contributed by atoms with Crippen LogP contribution in [0, 0.1) is 5.82 Å². The van der Waals surface area contributed by atoms with E-state index < -0.39 is 0 Å². The van der Waals surface area contributed by atoms with Crippen LogP contribution < -0.4 is 0 Å². The smallest absolute Gasteiger partial charge is 0.131 e. The summed E-state index contributed by atoms with van der Waals surface area (Å²) in [6, 6.07) is 6.70. The van der Waals surface area contributed by atoms with Crippen LogP contribution in [-0.4, -0.2) is 10.9 Å². The molecule has 0 aliphatic heterocycles. The van der Waals surface area contributed by atoms with Crippen molar-refractivity contribution in [3.8, 4) is 0 Å². The highest BCUT2D eigenvalue weighted by molar-refractivity contribution is 6.26. The topological polar surface area (TPSA) is 32.6 Å². The summed E-state index contributed by atoms with van der Waals surface area (Å²) in [4.78, 5) is 0. The molecule has 0 fully saturated rings. The van der Waals surface area contributed by atoms with E-state index in [1.54, 1.807) is 12.1 Å². The minimum absolute atomic E-state index is 0.246. The van der Waals surface area contributed by atoms with Crippen molar-refractivity contribution in [1.29, 1.82) is 0 Å². The zero-order valence-corrected chi connectivity index (χ0v) is 10.6. The Balaban J connectivity index is 2.44. The molecule has 0 heterocycles. The lowest BCUT2D eigenvalue weighted by molar-refractivity contribution is 0.319. The number of hydrogen-bond donors (Lipinski definition) is 1. The van der Waals surface area contributed by atoms with Crippen molar-refractivity contribution in [3.63, 3.8) is 0 Å². The van der Waals surface area contributed by atoms with E-state index in [-0.39, 0.29) is 5.82 Å². The summed E-state index contributed by atoms with van der Waals surface area (Å²) < 4.78 is 13.9. The molecule has 1 aromatic carbocycles. The van der Waals surface area contributed by atoms with E-state index in [1.165, 1.54) is 11.6 Å². The van der Waals surface area contributed by atoms with Gasteiger partial charge in [0.1, 0.15) is 5.82 Å². The molecule has 3 heteroatoms. The lowest BCUT2D eigenvalue weighted by atomic mass is 9.97. The Labute approximate surface area is 107 Å². The van der Waals surface area contributed by atoms with Crippen LogP contribution in [0.3, 0.4) is 0 Å². The molecule has 1 aliphatic carbocycles. The number of rotatable bonds is 4. The Morgan fingerprint density at radius 2 is 2.06 bits per heavy atom. The third kappa shape index (κ3) is 2.45. The van der Waals surface area contributed by atoms with Crippen LogP contribution in [0.1, 0.15) is 44.6 Å². The van der Waals surface area contributed by atoms with Gasteiger partial charge in [0.15, 0.2) is 0 Å². The normalized spacial score (nSPS) is 17.8. The second-order valence-electron chi connectivity index (χ2n) is 4.61. The lowest BCUT2D eigenvalue weighted by Crippen LogP contribution is -2.00. The SMILES string of the molecule is CCCCC1=C(c2ccccc2F)C(=NO)CC1. The quantitative estimate of drug-likeness (QED) is 0.621. The molecule has 0 atom stereocenters. The van der Waals surface area contributed by atoms with Crippen molar-refractivity contribution < 1.29 is 9.60 Å². The maximum absolute atomic E-state index is 13.9. The van der Waals surface area contributed by atoms with E-state index in [1.807, 2.05) is 6.07 Å². The zero-order valence-electron chi connectivity index (χ0n) is 10.6. The molecule has 0 saturated heterocycles. The Kier molecular flexibility index (Phi) is 4.13. The van der Waals surface area contributed by atoms with E-state index in [2.05, 4.69) is 12.1 Å². The van der Waals surface area contributed by atoms with E-state index in [9.17, 15) is 4.39 Å². The third-order valence-electron chi connectivity index (χ3n) is 3.40. The second kappa shape index (κ2) is 5.80. The van der Waals surface area contributed by atoms with Crippen molar-refractivity contribution >= 4 is 11.3 Å². The van der Waals surface area contributed by atoms with Gasteiger partial charge in [-0.2, -0.15) is 0 Å². The highest BCUT2D eigenvalue weighted by Crippen LogP contribution is 2.35. The van der Waals surface area contributed by atoms with E-state index in [0.29, 0.717) is 17.7 Å². The van der Waals surface area contributed by atoms with Gasteiger partial charge < -0.3 is 5.21 Å². The first-order valence-electron chi connectivity index (χ1n) is 6.46. The molecule has 1 aliphatic rings. The fourth-order valence-corrected chi connectivity index (χ4v) is 2.47. The molecule has 1 N–H and O–H groups in total. The van der Waals surface area contributed by atoms with E-state index in [0.717, 1.165) is 31.3 Å². The number of benzene rings is 1. The molecule has 0 unspecified atom stereocenters. The van der Waals surface area contributed by atoms with Crippen LogP contribution in [0.5, 0.6) is 0 Å². The molecular formula is C15H18FNO. The Morgan fingerprint density at radius 1 is 1.28 bits per heavy atom. The zero-order chi connectivity index (χ0) is 13.0. The van der Waals surface area contributed by atoms with Crippen molar-refractivity contribution in [3.05, 3.63) is 41.2 Å². The largest absolute Gasteiger partial charge is 0.411 e. The van der Waals surface area contributed by atoms with E-state index in [4.69, 9.17) is 5.21 Å². The molecule has 2 rings (SSSR count). The maximum atomic E-state index is 13.9. The molecular weight excluding hydrogens is 229 g/mol. The average Bonchev–Trinajstić information content (AvgIpc) is 2.79. The number of hydrogen-bond acceptors (Lipinski definition) is 2. The summed E-state index contributed by atoms with van der Waals surface area (Å²) in [6.07, 6.45) is 4.74. The number of nitrogens with zero attached hydrogens (tertiary/aromatic N) is 1. The molecule has 0 spiro atoms. The third-order valence-corrected chi connectivity index (χ3v) is 3.40. The first kappa shape index (κ1) is 12.8. The number of oxime groups is 1. The fraction of sp³-hybridized carbons (Fsp3) is 0.400. The van der Waals surface area contributed by atoms with Gasteiger partial charge in [-0.3, -0.25) is 0 Å². The van der Waals surface area contributed by atoms with Gasteiger partial charge in [0, 0.05) is 11.1 Å². The molecule has 18 heavy (non-hydrogen) atoms. The highest BCUT2D eigenvalue weighted by atomic mass is 19.1. The van der Waals surface area contributed by atoms with Crippen molar-refractivity contribution in [2.24, 2.45) is 5.16 Å². The van der Waals surface area contributed by atoms with Crippen LogP contribution >= 0.6 is 0 Å². The predicted molar refractivity (Wildman–Crippen MR) is 71.3 cm³/mol. The molecule has 2 nitrogen and oxygen atoms in total. The molecule has 96 valence electrons. The number of allylic oxidation sites excluding steroid dienone is 2. The van der Waals surface area contributed by atoms with Crippen LogP contribution in [0.4, 0.5) is 4.39 Å². The molecule has 0 saturated carbocycles. The fourth-order valence-electron chi connectivity index (χ4n) is 2.47. The van der Waals surface area contributed by atoms with Crippen molar-refractivity contribution in [1.82, 2.24) is 0 Å². The molecule has 0 radical (unpaired) electrons. The molecule has 0 amide bonds.